The average molecular weight is 814 g/mol. The monoisotopic (exact) mass is 814 g/mol. The van der Waals surface area contributed by atoms with Crippen LogP contribution in [-0.2, 0) is 28.6 Å². The fourth-order valence-corrected chi connectivity index (χ4v) is 9.17. The molecule has 336 valence electrons. The number of nitrogens with zero attached hydrogens (tertiary/aromatic N) is 1. The van der Waals surface area contributed by atoms with Gasteiger partial charge in [-0.2, -0.15) is 0 Å². The number of rotatable bonds is 35. The summed E-state index contributed by atoms with van der Waals surface area (Å²) in [5.41, 5.74) is 0. The number of carbonyl (C=O) groups is 3. The van der Waals surface area contributed by atoms with Gasteiger partial charge in [-0.15, -0.1) is 0 Å². The van der Waals surface area contributed by atoms with E-state index in [1.54, 1.807) is 0 Å². The van der Waals surface area contributed by atoms with Crippen LogP contribution in [-0.4, -0.2) is 62.8 Å². The minimum absolute atomic E-state index is 0.0233. The van der Waals surface area contributed by atoms with Crippen molar-refractivity contribution >= 4 is 17.9 Å². The minimum Gasteiger partial charge on any atom is -0.462 e. The molecule has 0 heterocycles. The molecule has 0 saturated heterocycles. The maximum Gasteiger partial charge on any atom is 0.306 e. The summed E-state index contributed by atoms with van der Waals surface area (Å²) in [6, 6.07) is 0. The second-order valence-electron chi connectivity index (χ2n) is 18.4. The Labute approximate surface area is 357 Å². The van der Waals surface area contributed by atoms with Crippen LogP contribution >= 0.6 is 0 Å². The lowest BCUT2D eigenvalue weighted by atomic mass is 9.80. The second-order valence-corrected chi connectivity index (χ2v) is 18.4. The Morgan fingerprint density at radius 3 is 1.29 bits per heavy atom. The first kappa shape index (κ1) is 52.0. The molecule has 0 radical (unpaired) electrons. The lowest BCUT2D eigenvalue weighted by molar-refractivity contribution is -0.150. The summed E-state index contributed by atoms with van der Waals surface area (Å²) in [6.45, 7) is 6.30. The minimum atomic E-state index is -0.0685. The van der Waals surface area contributed by atoms with Gasteiger partial charge in [-0.3, -0.25) is 14.4 Å². The Hall–Kier alpha value is -2.15. The summed E-state index contributed by atoms with van der Waals surface area (Å²) in [6.07, 6.45) is 44.3. The van der Waals surface area contributed by atoms with Crippen LogP contribution in [0.5, 0.6) is 0 Å². The first-order chi connectivity index (χ1) is 28.3. The van der Waals surface area contributed by atoms with Crippen molar-refractivity contribution in [2.75, 3.05) is 33.9 Å². The van der Waals surface area contributed by atoms with E-state index in [1.165, 1.54) is 103 Å². The lowest BCUT2D eigenvalue weighted by Gasteiger charge is -2.26. The molecule has 0 aromatic rings. The third-order valence-corrected chi connectivity index (χ3v) is 12.8. The molecule has 2 saturated carbocycles. The maximum absolute atomic E-state index is 12.6. The molecule has 7 heteroatoms. The lowest BCUT2D eigenvalue weighted by Crippen LogP contribution is -2.20. The fourth-order valence-electron chi connectivity index (χ4n) is 9.17. The van der Waals surface area contributed by atoms with Crippen LogP contribution < -0.4 is 0 Å². The summed E-state index contributed by atoms with van der Waals surface area (Å²) in [7, 11) is 4.07. The molecular weight excluding hydrogens is 723 g/mol. The van der Waals surface area contributed by atoms with E-state index in [-0.39, 0.29) is 24.0 Å². The van der Waals surface area contributed by atoms with Crippen LogP contribution in [0.1, 0.15) is 219 Å². The molecule has 0 bridgehead atoms. The number of ether oxygens (including phenoxy) is 3. The first-order valence-electron chi connectivity index (χ1n) is 24.8. The molecule has 0 N–H and O–H groups in total. The van der Waals surface area contributed by atoms with Crippen molar-refractivity contribution in [3.8, 4) is 0 Å². The van der Waals surface area contributed by atoms with Crippen molar-refractivity contribution < 1.29 is 28.6 Å². The number of carbonyl (C=O) groups excluding carboxylic acids is 3. The molecule has 0 amide bonds. The molecule has 2 rings (SSSR count). The molecule has 7 nitrogen and oxygen atoms in total. The van der Waals surface area contributed by atoms with Gasteiger partial charge in [0, 0.05) is 19.3 Å². The van der Waals surface area contributed by atoms with Gasteiger partial charge in [0.05, 0.1) is 0 Å². The summed E-state index contributed by atoms with van der Waals surface area (Å²) in [5, 5.41) is 0. The van der Waals surface area contributed by atoms with E-state index in [2.05, 4.69) is 43.1 Å². The van der Waals surface area contributed by atoms with Gasteiger partial charge >= 0.3 is 17.9 Å². The van der Waals surface area contributed by atoms with Crippen molar-refractivity contribution in [1.29, 1.82) is 0 Å². The van der Waals surface area contributed by atoms with Gasteiger partial charge in [-0.1, -0.05) is 128 Å². The zero-order valence-electron chi connectivity index (χ0n) is 38.3. The number of hydrogen-bond donors (Lipinski definition) is 0. The first-order valence-corrected chi connectivity index (χ1v) is 24.8. The van der Waals surface area contributed by atoms with Gasteiger partial charge in [0.1, 0.15) is 19.3 Å². The Morgan fingerprint density at radius 1 is 0.517 bits per heavy atom. The van der Waals surface area contributed by atoms with E-state index in [1.807, 2.05) is 14.1 Å². The van der Waals surface area contributed by atoms with Crippen molar-refractivity contribution in [2.45, 2.75) is 225 Å². The number of allylic oxidation sites excluding steroid dienone is 2. The maximum atomic E-state index is 12.6. The van der Waals surface area contributed by atoms with E-state index in [9.17, 15) is 14.4 Å². The molecule has 0 aromatic heterocycles. The third kappa shape index (κ3) is 29.1. The Bertz CT molecular complexity index is 1000. The number of esters is 3. The highest BCUT2D eigenvalue weighted by Gasteiger charge is 2.20. The molecule has 2 aliphatic rings. The second kappa shape index (κ2) is 35.6. The summed E-state index contributed by atoms with van der Waals surface area (Å²) < 4.78 is 16.9. The van der Waals surface area contributed by atoms with Gasteiger partial charge in [-0.25, -0.2) is 0 Å². The van der Waals surface area contributed by atoms with Crippen LogP contribution in [0.3, 0.4) is 0 Å². The largest absolute Gasteiger partial charge is 0.462 e. The molecule has 0 aliphatic heterocycles. The van der Waals surface area contributed by atoms with E-state index >= 15 is 0 Å². The molecule has 2 aliphatic carbocycles. The summed E-state index contributed by atoms with van der Waals surface area (Å²) in [5.74, 6) is 2.98. The third-order valence-electron chi connectivity index (χ3n) is 12.8. The van der Waals surface area contributed by atoms with E-state index in [0.29, 0.717) is 44.3 Å². The Balaban J connectivity index is 1.47. The van der Waals surface area contributed by atoms with Crippen molar-refractivity contribution in [3.63, 3.8) is 0 Å². The summed E-state index contributed by atoms with van der Waals surface area (Å²) in [4.78, 5) is 39.1. The molecule has 0 aromatic carbocycles. The SMILES string of the molecule is CCCC1CCC(/C=C\COC(=O)CCCCCCCCCC(CCCCCCCCCC(=O)OC/C=C\C2CCC(CCC)CC2)OC(=O)CCCN(C)C)CC1. The van der Waals surface area contributed by atoms with Crippen LogP contribution in [0.4, 0.5) is 0 Å². The quantitative estimate of drug-likeness (QED) is 0.0273. The highest BCUT2D eigenvalue weighted by Crippen LogP contribution is 2.33. The smallest absolute Gasteiger partial charge is 0.306 e. The standard InChI is InChI=1S/C51H91NO6/c1-5-24-44-33-37-46(38-34-44)26-22-42-56-49(53)30-19-15-11-7-9-13-17-28-48(58-51(55)32-21-41-52(3)4)29-18-14-10-8-12-16-20-31-50(54)57-43-23-27-47-39-35-45(25-6-2)36-40-47/h22-23,26-27,44-48H,5-21,24-25,28-43H2,1-4H3/b26-22-,27-23-. The fraction of sp³-hybridized carbons (Fsp3) is 0.863. The molecule has 0 atom stereocenters. The predicted molar refractivity (Wildman–Crippen MR) is 242 cm³/mol. The van der Waals surface area contributed by atoms with E-state index in [4.69, 9.17) is 14.2 Å². The zero-order chi connectivity index (χ0) is 41.9. The van der Waals surface area contributed by atoms with Gasteiger partial charge in [-0.05, 0) is 141 Å². The topological polar surface area (TPSA) is 82.1 Å². The average Bonchev–Trinajstić information content (AvgIpc) is 3.21. The highest BCUT2D eigenvalue weighted by atomic mass is 16.5. The normalized spacial score (nSPS) is 20.5. The van der Waals surface area contributed by atoms with Gasteiger partial charge in [0.2, 0.25) is 0 Å². The van der Waals surface area contributed by atoms with E-state index < -0.39 is 0 Å². The van der Waals surface area contributed by atoms with Gasteiger partial charge in [0.15, 0.2) is 0 Å². The zero-order valence-corrected chi connectivity index (χ0v) is 38.3. The summed E-state index contributed by atoms with van der Waals surface area (Å²) >= 11 is 0. The van der Waals surface area contributed by atoms with Crippen LogP contribution in [0.2, 0.25) is 0 Å². The van der Waals surface area contributed by atoms with Crippen molar-refractivity contribution in [3.05, 3.63) is 24.3 Å². The van der Waals surface area contributed by atoms with Crippen LogP contribution in [0.25, 0.3) is 0 Å². The van der Waals surface area contributed by atoms with Crippen LogP contribution in [0, 0.1) is 23.7 Å². The molecule has 58 heavy (non-hydrogen) atoms. The Kier molecular flexibility index (Phi) is 31.9. The Morgan fingerprint density at radius 2 is 0.897 bits per heavy atom. The van der Waals surface area contributed by atoms with Gasteiger partial charge < -0.3 is 19.1 Å². The van der Waals surface area contributed by atoms with E-state index in [0.717, 1.165) is 102 Å². The van der Waals surface area contributed by atoms with Crippen molar-refractivity contribution in [2.24, 2.45) is 23.7 Å². The van der Waals surface area contributed by atoms with Gasteiger partial charge in [0.25, 0.3) is 0 Å². The molecule has 0 spiro atoms. The molecule has 2 fully saturated rings. The van der Waals surface area contributed by atoms with Crippen molar-refractivity contribution in [1.82, 2.24) is 4.90 Å². The molecule has 0 unspecified atom stereocenters. The van der Waals surface area contributed by atoms with Crippen LogP contribution in [0.15, 0.2) is 24.3 Å². The number of hydrogen-bond acceptors (Lipinski definition) is 7. The predicted octanol–water partition coefficient (Wildman–Crippen LogP) is 13.7. The highest BCUT2D eigenvalue weighted by molar-refractivity contribution is 5.70. The molecular formula is C51H91NO6. The number of unbranched alkanes of at least 4 members (excludes halogenated alkanes) is 12.